The molecule has 0 atom stereocenters. The lowest BCUT2D eigenvalue weighted by Crippen LogP contribution is -2.01. The molecule has 0 radical (unpaired) electrons. The Kier molecular flexibility index (Phi) is 3.44. The van der Waals surface area contributed by atoms with Crippen LogP contribution in [-0.4, -0.2) is 11.6 Å². The van der Waals surface area contributed by atoms with E-state index in [2.05, 4.69) is 9.72 Å². The molecule has 0 aliphatic carbocycles. The average molecular weight is 259 g/mol. The smallest absolute Gasteiger partial charge is 0.387 e. The number of aromatic nitrogens is 1. The first-order valence-electron chi connectivity index (χ1n) is 5.22. The molecule has 0 bridgehead atoms. The molecule has 1 aromatic carbocycles. The Labute approximate surface area is 107 Å². The molecule has 19 heavy (non-hydrogen) atoms. The Bertz CT molecular complexity index is 680. The summed E-state index contributed by atoms with van der Waals surface area (Å²) in [6, 6.07) is 9.72. The molecule has 0 fully saturated rings. The second-order valence-electron chi connectivity index (χ2n) is 3.58. The third kappa shape index (κ3) is 2.53. The number of aromatic amines is 1. The Morgan fingerprint density at radius 3 is 2.63 bits per heavy atom. The Hall–Kier alpha value is -2.86. The van der Waals surface area contributed by atoms with Crippen molar-refractivity contribution in [3.63, 3.8) is 0 Å². The minimum Gasteiger partial charge on any atom is -0.435 e. The number of nitrogens with one attached hydrogen (secondary N) is 1. The number of nitriles is 2. The summed E-state index contributed by atoms with van der Waals surface area (Å²) in [5, 5.41) is 17.9. The Morgan fingerprint density at radius 1 is 1.21 bits per heavy atom. The van der Waals surface area contributed by atoms with Crippen LogP contribution < -0.4 is 4.74 Å². The topological polar surface area (TPSA) is 72.6 Å². The van der Waals surface area contributed by atoms with Gasteiger partial charge in [-0.3, -0.25) is 0 Å². The summed E-state index contributed by atoms with van der Waals surface area (Å²) in [5.74, 6) is -0.00361. The van der Waals surface area contributed by atoms with Gasteiger partial charge in [0.1, 0.15) is 23.6 Å². The third-order valence-electron chi connectivity index (χ3n) is 2.47. The van der Waals surface area contributed by atoms with Gasteiger partial charge in [0.25, 0.3) is 0 Å². The van der Waals surface area contributed by atoms with Crippen LogP contribution in [0.15, 0.2) is 30.5 Å². The van der Waals surface area contributed by atoms with Crippen molar-refractivity contribution < 1.29 is 13.5 Å². The highest BCUT2D eigenvalue weighted by Crippen LogP contribution is 2.28. The molecule has 4 nitrogen and oxygen atoms in total. The van der Waals surface area contributed by atoms with Crippen molar-refractivity contribution in [2.45, 2.75) is 6.61 Å². The van der Waals surface area contributed by atoms with Crippen molar-refractivity contribution in [1.29, 1.82) is 10.5 Å². The van der Waals surface area contributed by atoms with Crippen LogP contribution in [0.3, 0.4) is 0 Å². The van der Waals surface area contributed by atoms with Crippen LogP contribution in [0.4, 0.5) is 8.78 Å². The molecule has 1 heterocycles. The molecule has 0 unspecified atom stereocenters. The zero-order valence-corrected chi connectivity index (χ0v) is 9.52. The largest absolute Gasteiger partial charge is 0.435 e. The lowest BCUT2D eigenvalue weighted by molar-refractivity contribution is -0.0498. The number of H-pyrrole nitrogens is 1. The fraction of sp³-hybridized carbons (Fsp3) is 0.0769. The third-order valence-corrected chi connectivity index (χ3v) is 2.47. The van der Waals surface area contributed by atoms with E-state index in [9.17, 15) is 8.78 Å². The molecule has 2 rings (SSSR count). The molecule has 1 aromatic heterocycles. The van der Waals surface area contributed by atoms with Gasteiger partial charge in [-0.05, 0) is 17.7 Å². The fourth-order valence-electron chi connectivity index (χ4n) is 1.70. The second-order valence-corrected chi connectivity index (χ2v) is 3.58. The maximum Gasteiger partial charge on any atom is 0.387 e. The Balaban J connectivity index is 2.46. The monoisotopic (exact) mass is 259 g/mol. The molecular formula is C13H7F2N3O. The Morgan fingerprint density at radius 2 is 2.00 bits per heavy atom. The molecule has 1 N–H and O–H groups in total. The summed E-state index contributed by atoms with van der Waals surface area (Å²) in [4.78, 5) is 2.66. The number of halogens is 2. The fourth-order valence-corrected chi connectivity index (χ4v) is 1.70. The van der Waals surface area contributed by atoms with Crippen LogP contribution in [0.1, 0.15) is 11.3 Å². The summed E-state index contributed by atoms with van der Waals surface area (Å²) < 4.78 is 28.6. The first-order chi connectivity index (χ1) is 9.15. The van der Waals surface area contributed by atoms with Gasteiger partial charge in [0.2, 0.25) is 0 Å². The van der Waals surface area contributed by atoms with Gasteiger partial charge in [-0.25, -0.2) is 0 Å². The van der Waals surface area contributed by atoms with E-state index in [1.807, 2.05) is 12.1 Å². The number of ether oxygens (including phenoxy) is 1. The average Bonchev–Trinajstić information content (AvgIpc) is 2.81. The van der Waals surface area contributed by atoms with Crippen LogP contribution in [0, 0.1) is 22.7 Å². The van der Waals surface area contributed by atoms with Crippen molar-refractivity contribution >= 4 is 0 Å². The molecule has 0 saturated carbocycles. The molecule has 2 aromatic rings. The highest BCUT2D eigenvalue weighted by atomic mass is 19.3. The molecule has 0 amide bonds. The van der Waals surface area contributed by atoms with Crippen LogP contribution in [-0.2, 0) is 0 Å². The van der Waals surface area contributed by atoms with Crippen molar-refractivity contribution in [3.8, 4) is 29.0 Å². The molecule has 94 valence electrons. The van der Waals surface area contributed by atoms with Gasteiger partial charge in [0.15, 0.2) is 0 Å². The van der Waals surface area contributed by atoms with Gasteiger partial charge >= 0.3 is 6.61 Å². The summed E-state index contributed by atoms with van der Waals surface area (Å²) in [6.45, 7) is -2.91. The highest BCUT2D eigenvalue weighted by Gasteiger charge is 2.13. The number of alkyl halides is 2. The number of rotatable bonds is 3. The number of hydrogen-bond donors (Lipinski definition) is 1. The van der Waals surface area contributed by atoms with Gasteiger partial charge in [0, 0.05) is 11.8 Å². The predicted molar refractivity (Wildman–Crippen MR) is 62.3 cm³/mol. The standard InChI is InChI=1S/C13H7F2N3O/c14-13(15)19-9-3-1-2-8(4-9)11-7-18-12(6-17)10(11)5-16/h1-4,7,13,18H. The van der Waals surface area contributed by atoms with Crippen LogP contribution in [0.25, 0.3) is 11.1 Å². The number of hydrogen-bond acceptors (Lipinski definition) is 3. The van der Waals surface area contributed by atoms with E-state index in [4.69, 9.17) is 10.5 Å². The summed E-state index contributed by atoms with van der Waals surface area (Å²) in [5.41, 5.74) is 1.31. The minimum absolute atomic E-state index is 0.00361. The number of nitrogens with zero attached hydrogens (tertiary/aromatic N) is 2. The first-order valence-corrected chi connectivity index (χ1v) is 5.22. The van der Waals surface area contributed by atoms with Gasteiger partial charge in [-0.15, -0.1) is 0 Å². The van der Waals surface area contributed by atoms with E-state index in [0.29, 0.717) is 11.1 Å². The highest BCUT2D eigenvalue weighted by molar-refractivity contribution is 5.73. The van der Waals surface area contributed by atoms with Crippen molar-refractivity contribution in [2.24, 2.45) is 0 Å². The molecule has 0 aliphatic heterocycles. The molecule has 0 aliphatic rings. The quantitative estimate of drug-likeness (QED) is 0.920. The summed E-state index contributed by atoms with van der Waals surface area (Å²) in [7, 11) is 0. The lowest BCUT2D eigenvalue weighted by atomic mass is 10.0. The van der Waals surface area contributed by atoms with Crippen LogP contribution in [0.5, 0.6) is 5.75 Å². The van der Waals surface area contributed by atoms with Gasteiger partial charge < -0.3 is 9.72 Å². The normalized spacial score (nSPS) is 9.95. The van der Waals surface area contributed by atoms with Gasteiger partial charge in [-0.1, -0.05) is 12.1 Å². The SMILES string of the molecule is N#Cc1[nH]cc(-c2cccc(OC(F)F)c2)c1C#N. The van der Waals surface area contributed by atoms with E-state index in [0.717, 1.165) is 0 Å². The molecular weight excluding hydrogens is 252 g/mol. The molecule has 6 heteroatoms. The first kappa shape index (κ1) is 12.6. The van der Waals surface area contributed by atoms with Gasteiger partial charge in [0.05, 0.1) is 5.56 Å². The van der Waals surface area contributed by atoms with E-state index in [1.165, 1.54) is 24.4 Å². The maximum absolute atomic E-state index is 12.1. The van der Waals surface area contributed by atoms with E-state index in [1.54, 1.807) is 6.07 Å². The van der Waals surface area contributed by atoms with E-state index < -0.39 is 6.61 Å². The lowest BCUT2D eigenvalue weighted by Gasteiger charge is -2.06. The van der Waals surface area contributed by atoms with E-state index in [-0.39, 0.29) is 17.0 Å². The molecule has 0 spiro atoms. The zero-order valence-electron chi connectivity index (χ0n) is 9.52. The van der Waals surface area contributed by atoms with Gasteiger partial charge in [-0.2, -0.15) is 19.3 Å². The zero-order chi connectivity index (χ0) is 13.8. The number of benzene rings is 1. The van der Waals surface area contributed by atoms with Crippen LogP contribution in [0.2, 0.25) is 0 Å². The van der Waals surface area contributed by atoms with E-state index >= 15 is 0 Å². The second kappa shape index (κ2) is 5.19. The maximum atomic E-state index is 12.1. The van der Waals surface area contributed by atoms with Crippen molar-refractivity contribution in [1.82, 2.24) is 4.98 Å². The molecule has 0 saturated heterocycles. The minimum atomic E-state index is -2.91. The van der Waals surface area contributed by atoms with Crippen molar-refractivity contribution in [2.75, 3.05) is 0 Å². The summed E-state index contributed by atoms with van der Waals surface area (Å²) >= 11 is 0. The predicted octanol–water partition coefficient (Wildman–Crippen LogP) is 3.03. The summed E-state index contributed by atoms with van der Waals surface area (Å²) in [6.07, 6.45) is 1.48. The van der Waals surface area contributed by atoms with Crippen LogP contribution >= 0.6 is 0 Å². The van der Waals surface area contributed by atoms with Crippen molar-refractivity contribution in [3.05, 3.63) is 41.7 Å².